The summed E-state index contributed by atoms with van der Waals surface area (Å²) in [5.41, 5.74) is 0. The highest BCUT2D eigenvalue weighted by molar-refractivity contribution is 7.98. The summed E-state index contributed by atoms with van der Waals surface area (Å²) >= 11 is 5.49. The Balaban J connectivity index is 1.27. The number of thioether (sulfide) groups is 2. The van der Waals surface area contributed by atoms with Gasteiger partial charge in [0.05, 0.1) is 17.2 Å². The zero-order valence-corrected chi connectivity index (χ0v) is 23.1. The zero-order valence-electron chi connectivity index (χ0n) is 20.7. The minimum Gasteiger partial charge on any atom is -0.464 e. The number of nitrogens with zero attached hydrogens (tertiary/aromatic N) is 3. The number of nitrogens with one attached hydrogen (secondary N) is 2. The second-order valence-corrected chi connectivity index (χ2v) is 12.2. The molecule has 1 saturated heterocycles. The highest BCUT2D eigenvalue weighted by atomic mass is 32.2. The second kappa shape index (κ2) is 15.5. The topological polar surface area (TPSA) is 86.8 Å². The predicted octanol–water partition coefficient (Wildman–Crippen LogP) is 4.42. The molecule has 0 atom stereocenters. The highest BCUT2D eigenvalue weighted by Crippen LogP contribution is 2.24. The van der Waals surface area contributed by atoms with Crippen molar-refractivity contribution >= 4 is 34.9 Å². The third kappa shape index (κ3) is 11.3. The fraction of sp³-hybridized carbons (Fsp3) is 0.583. The first-order chi connectivity index (χ1) is 17.0. The van der Waals surface area contributed by atoms with E-state index in [1.165, 1.54) is 35.7 Å². The van der Waals surface area contributed by atoms with Gasteiger partial charge in [-0.1, -0.05) is 0 Å². The molecule has 0 unspecified atom stereocenters. The molecule has 0 aromatic carbocycles. The molecule has 0 saturated carbocycles. The SMILES string of the molecule is CN(C)Cc1ccc(CSCCNC(=C[N+](=O)[O-])NCCSCc2ccc(CN3CCCC3)s2)o1. The summed E-state index contributed by atoms with van der Waals surface area (Å²) in [6, 6.07) is 8.52. The van der Waals surface area contributed by atoms with Gasteiger partial charge in [0.2, 0.25) is 0 Å². The first-order valence-electron chi connectivity index (χ1n) is 12.0. The minimum atomic E-state index is -0.418. The summed E-state index contributed by atoms with van der Waals surface area (Å²) in [7, 11) is 4.03. The maximum Gasteiger partial charge on any atom is 0.274 e. The van der Waals surface area contributed by atoms with Crippen LogP contribution in [0.15, 0.2) is 40.7 Å². The summed E-state index contributed by atoms with van der Waals surface area (Å²) in [4.78, 5) is 18.0. The Hall–Kier alpha value is -1.66. The smallest absolute Gasteiger partial charge is 0.274 e. The molecule has 35 heavy (non-hydrogen) atoms. The highest BCUT2D eigenvalue weighted by Gasteiger charge is 2.13. The fourth-order valence-electron chi connectivity index (χ4n) is 3.76. The van der Waals surface area contributed by atoms with Crippen molar-refractivity contribution in [3.05, 3.63) is 67.7 Å². The molecule has 11 heteroatoms. The number of hydrogen-bond acceptors (Lipinski definition) is 10. The van der Waals surface area contributed by atoms with Crippen LogP contribution in [0.1, 0.15) is 34.1 Å². The quantitative estimate of drug-likeness (QED) is 0.172. The Labute approximate surface area is 221 Å². The lowest BCUT2D eigenvalue weighted by atomic mass is 10.4. The number of likely N-dealkylation sites (tertiary alicyclic amines) is 1. The van der Waals surface area contributed by atoms with Crippen molar-refractivity contribution in [2.75, 3.05) is 51.8 Å². The molecule has 8 nitrogen and oxygen atoms in total. The van der Waals surface area contributed by atoms with Crippen molar-refractivity contribution in [2.24, 2.45) is 0 Å². The molecule has 0 aliphatic carbocycles. The lowest BCUT2D eigenvalue weighted by molar-refractivity contribution is -0.404. The Morgan fingerprint density at radius 3 is 2.43 bits per heavy atom. The van der Waals surface area contributed by atoms with Gasteiger partial charge in [0.15, 0.2) is 5.82 Å². The van der Waals surface area contributed by atoms with Crippen molar-refractivity contribution in [1.29, 1.82) is 0 Å². The van der Waals surface area contributed by atoms with Crippen LogP contribution in [0.3, 0.4) is 0 Å². The van der Waals surface area contributed by atoms with Gasteiger partial charge >= 0.3 is 0 Å². The molecule has 0 radical (unpaired) electrons. The van der Waals surface area contributed by atoms with E-state index in [-0.39, 0.29) is 0 Å². The lowest BCUT2D eigenvalue weighted by Gasteiger charge is -2.12. The van der Waals surface area contributed by atoms with Crippen LogP contribution in [0.5, 0.6) is 0 Å². The van der Waals surface area contributed by atoms with Crippen molar-refractivity contribution in [3.63, 3.8) is 0 Å². The molecule has 0 amide bonds. The summed E-state index contributed by atoms with van der Waals surface area (Å²) in [6.45, 7) is 5.64. The van der Waals surface area contributed by atoms with Crippen molar-refractivity contribution in [3.8, 4) is 0 Å². The van der Waals surface area contributed by atoms with Gasteiger partial charge in [0, 0.05) is 46.6 Å². The van der Waals surface area contributed by atoms with E-state index in [0.29, 0.717) is 18.9 Å². The van der Waals surface area contributed by atoms with Crippen molar-refractivity contribution < 1.29 is 9.34 Å². The van der Waals surface area contributed by atoms with Crippen LogP contribution in [0.2, 0.25) is 0 Å². The molecule has 3 heterocycles. The van der Waals surface area contributed by atoms with Crippen LogP contribution >= 0.6 is 34.9 Å². The molecule has 2 aromatic rings. The van der Waals surface area contributed by atoms with E-state index >= 15 is 0 Å². The molecule has 194 valence electrons. The molecular formula is C24H37N5O3S3. The van der Waals surface area contributed by atoms with Gasteiger partial charge in [-0.2, -0.15) is 23.5 Å². The van der Waals surface area contributed by atoms with Crippen molar-refractivity contribution in [1.82, 2.24) is 20.4 Å². The van der Waals surface area contributed by atoms with Crippen LogP contribution in [0.25, 0.3) is 0 Å². The van der Waals surface area contributed by atoms with E-state index < -0.39 is 4.92 Å². The van der Waals surface area contributed by atoms with E-state index in [9.17, 15) is 10.1 Å². The number of hydrogen-bond donors (Lipinski definition) is 2. The molecule has 1 fully saturated rings. The third-order valence-corrected chi connectivity index (χ3v) is 8.57. The summed E-state index contributed by atoms with van der Waals surface area (Å²) in [5.74, 6) is 5.86. The van der Waals surface area contributed by atoms with Crippen LogP contribution in [0.4, 0.5) is 0 Å². The number of nitro groups is 1. The average Bonchev–Trinajstić information content (AvgIpc) is 3.56. The van der Waals surface area contributed by atoms with Crippen LogP contribution in [-0.4, -0.2) is 66.5 Å². The Kier molecular flexibility index (Phi) is 12.3. The molecule has 1 aliphatic heterocycles. The summed E-state index contributed by atoms with van der Waals surface area (Å²) in [6.07, 6.45) is 3.66. The second-order valence-electron chi connectivity index (χ2n) is 8.74. The number of thiophene rings is 1. The van der Waals surface area contributed by atoms with Gasteiger partial charge in [-0.15, -0.1) is 11.3 Å². The maximum atomic E-state index is 11.0. The van der Waals surface area contributed by atoms with E-state index in [4.69, 9.17) is 4.42 Å². The van der Waals surface area contributed by atoms with Gasteiger partial charge in [-0.3, -0.25) is 15.0 Å². The molecular weight excluding hydrogens is 502 g/mol. The lowest BCUT2D eigenvalue weighted by Crippen LogP contribution is -2.30. The summed E-state index contributed by atoms with van der Waals surface area (Å²) in [5, 5.41) is 17.3. The molecule has 0 spiro atoms. The first-order valence-corrected chi connectivity index (χ1v) is 15.1. The number of furan rings is 1. The molecule has 2 N–H and O–H groups in total. The van der Waals surface area contributed by atoms with Gasteiger partial charge in [0.25, 0.3) is 6.20 Å². The Bertz CT molecular complexity index is 925. The molecule has 1 aliphatic rings. The van der Waals surface area contributed by atoms with E-state index in [0.717, 1.165) is 53.8 Å². The largest absolute Gasteiger partial charge is 0.464 e. The maximum absolute atomic E-state index is 11.0. The Morgan fingerprint density at radius 2 is 1.74 bits per heavy atom. The molecule has 2 aromatic heterocycles. The molecule has 0 bridgehead atoms. The van der Waals surface area contributed by atoms with Gasteiger partial charge < -0.3 is 20.0 Å². The zero-order chi connectivity index (χ0) is 24.9. The minimum absolute atomic E-state index is 0.418. The predicted molar refractivity (Wildman–Crippen MR) is 148 cm³/mol. The van der Waals surface area contributed by atoms with Gasteiger partial charge in [-0.25, -0.2) is 0 Å². The van der Waals surface area contributed by atoms with Crippen LogP contribution in [-0.2, 0) is 24.6 Å². The average molecular weight is 540 g/mol. The standard InChI is InChI=1S/C24H37N5O3S3/c1-27(2)15-20-5-6-21(32-20)18-33-13-9-25-24(17-29(30)31)26-10-14-34-19-23-8-7-22(35-23)16-28-11-3-4-12-28/h5-8,17,25-26H,3-4,9-16,18-19H2,1-2H3. The van der Waals surface area contributed by atoms with Gasteiger partial charge in [-0.05, 0) is 64.3 Å². The van der Waals surface area contributed by atoms with Crippen LogP contribution < -0.4 is 10.6 Å². The monoisotopic (exact) mass is 539 g/mol. The van der Waals surface area contributed by atoms with E-state index in [1.54, 1.807) is 11.8 Å². The summed E-state index contributed by atoms with van der Waals surface area (Å²) < 4.78 is 5.81. The normalized spacial score (nSPS) is 14.7. The van der Waals surface area contributed by atoms with E-state index in [2.05, 4.69) is 32.6 Å². The van der Waals surface area contributed by atoms with E-state index in [1.807, 2.05) is 49.3 Å². The van der Waals surface area contributed by atoms with Gasteiger partial charge in [0.1, 0.15) is 11.5 Å². The van der Waals surface area contributed by atoms with Crippen molar-refractivity contribution in [2.45, 2.75) is 37.4 Å². The molecule has 3 rings (SSSR count). The fourth-order valence-corrected chi connectivity index (χ4v) is 6.54. The van der Waals surface area contributed by atoms with Crippen LogP contribution in [0, 0.1) is 10.1 Å². The third-order valence-electron chi connectivity index (χ3n) is 5.33. The number of rotatable bonds is 17. The Morgan fingerprint density at radius 1 is 1.09 bits per heavy atom. The first kappa shape index (κ1) is 27.9.